The first-order valence-corrected chi connectivity index (χ1v) is 5.15. The Kier molecular flexibility index (Phi) is 2.97. The summed E-state index contributed by atoms with van der Waals surface area (Å²) in [5.74, 6) is 0.773. The number of ether oxygens (including phenoxy) is 1. The molecule has 1 N–H and O–H groups in total. The summed E-state index contributed by atoms with van der Waals surface area (Å²) in [7, 11) is 3.48. The highest BCUT2D eigenvalue weighted by Crippen LogP contribution is 2.35. The van der Waals surface area contributed by atoms with Gasteiger partial charge in [0.05, 0.1) is 12.8 Å². The molecule has 0 radical (unpaired) electrons. The summed E-state index contributed by atoms with van der Waals surface area (Å²) in [4.78, 5) is 1.77. The lowest BCUT2D eigenvalue weighted by Gasteiger charge is -2.21. The molecule has 3 heteroatoms. The van der Waals surface area contributed by atoms with Crippen molar-refractivity contribution in [1.82, 2.24) is 0 Å². The Bertz CT molecular complexity index is 496. The summed E-state index contributed by atoms with van der Waals surface area (Å²) >= 11 is 0. The Hall–Kier alpha value is -1.74. The zero-order chi connectivity index (χ0) is 11.5. The van der Waals surface area contributed by atoms with Gasteiger partial charge in [0, 0.05) is 12.4 Å². The van der Waals surface area contributed by atoms with Crippen LogP contribution in [-0.2, 0) is 0 Å². The van der Waals surface area contributed by atoms with Gasteiger partial charge in [0.25, 0.3) is 0 Å². The molecule has 2 rings (SSSR count). The van der Waals surface area contributed by atoms with E-state index in [1.165, 1.54) is 0 Å². The van der Waals surface area contributed by atoms with Crippen LogP contribution in [0.1, 0.15) is 0 Å². The molecule has 0 aliphatic rings. The Balaban J connectivity index is 2.72. The van der Waals surface area contributed by atoms with Crippen LogP contribution in [0.3, 0.4) is 0 Å². The minimum Gasteiger partial charge on any atom is -0.495 e. The van der Waals surface area contributed by atoms with Gasteiger partial charge in [-0.3, -0.25) is 0 Å². The highest BCUT2D eigenvalue weighted by atomic mass is 16.5. The van der Waals surface area contributed by atoms with Crippen LogP contribution in [-0.4, -0.2) is 26.0 Å². The molecule has 0 fully saturated rings. The molecule has 0 atom stereocenters. The predicted molar refractivity (Wildman–Crippen MR) is 66.0 cm³/mol. The summed E-state index contributed by atoms with van der Waals surface area (Å²) in [6, 6.07) is 12.0. The fourth-order valence-electron chi connectivity index (χ4n) is 1.86. The third kappa shape index (κ3) is 1.70. The molecule has 2 aromatic carbocycles. The van der Waals surface area contributed by atoms with Gasteiger partial charge in [-0.2, -0.15) is 0 Å². The highest BCUT2D eigenvalue weighted by molar-refractivity contribution is 5.97. The summed E-state index contributed by atoms with van der Waals surface area (Å²) < 4.78 is 5.32. The largest absolute Gasteiger partial charge is 0.495 e. The quantitative estimate of drug-likeness (QED) is 0.800. The summed E-state index contributed by atoms with van der Waals surface area (Å²) in [6.45, 7) is -0.0373. The average Bonchev–Trinajstić information content (AvgIpc) is 2.36. The van der Waals surface area contributed by atoms with E-state index in [0.29, 0.717) is 0 Å². The van der Waals surface area contributed by atoms with E-state index < -0.39 is 0 Å². The number of methoxy groups -OCH3 is 1. The van der Waals surface area contributed by atoms with Crippen molar-refractivity contribution in [1.29, 1.82) is 0 Å². The van der Waals surface area contributed by atoms with Gasteiger partial charge in [0.2, 0.25) is 0 Å². The standard InChI is InChI=1S/C13H15NO2/c1-14(9-15)13-11-6-4-3-5-10(11)7-8-12(13)16-2/h3-8,15H,9H2,1-2H3. The lowest BCUT2D eigenvalue weighted by molar-refractivity contribution is 0.297. The van der Waals surface area contributed by atoms with Crippen molar-refractivity contribution in [2.75, 3.05) is 25.8 Å². The van der Waals surface area contributed by atoms with E-state index in [1.807, 2.05) is 43.4 Å². The Morgan fingerprint density at radius 3 is 2.62 bits per heavy atom. The zero-order valence-electron chi connectivity index (χ0n) is 9.47. The number of benzene rings is 2. The Morgan fingerprint density at radius 2 is 1.94 bits per heavy atom. The van der Waals surface area contributed by atoms with Crippen LogP contribution in [0.4, 0.5) is 5.69 Å². The summed E-state index contributed by atoms with van der Waals surface area (Å²) in [6.07, 6.45) is 0. The molecule has 0 saturated heterocycles. The molecule has 0 saturated carbocycles. The number of aliphatic hydroxyl groups excluding tert-OH is 1. The molecule has 3 nitrogen and oxygen atoms in total. The van der Waals surface area contributed by atoms with Gasteiger partial charge in [-0.05, 0) is 11.5 Å². The molecule has 84 valence electrons. The highest BCUT2D eigenvalue weighted by Gasteiger charge is 2.11. The van der Waals surface area contributed by atoms with Gasteiger partial charge in [-0.1, -0.05) is 30.3 Å². The number of anilines is 1. The summed E-state index contributed by atoms with van der Waals surface area (Å²) in [5, 5.41) is 11.5. The van der Waals surface area contributed by atoms with Crippen LogP contribution in [0.25, 0.3) is 10.8 Å². The van der Waals surface area contributed by atoms with Crippen LogP contribution in [0.2, 0.25) is 0 Å². The first-order chi connectivity index (χ1) is 7.77. The lowest BCUT2D eigenvalue weighted by Crippen LogP contribution is -2.18. The third-order valence-corrected chi connectivity index (χ3v) is 2.68. The number of aliphatic hydroxyl groups is 1. The maximum Gasteiger partial charge on any atom is 0.142 e. The van der Waals surface area contributed by atoms with E-state index >= 15 is 0 Å². The van der Waals surface area contributed by atoms with Gasteiger partial charge in [0.1, 0.15) is 12.5 Å². The first kappa shape index (κ1) is 10.8. The van der Waals surface area contributed by atoms with Crippen LogP contribution in [0.15, 0.2) is 36.4 Å². The number of nitrogens with zero attached hydrogens (tertiary/aromatic N) is 1. The van der Waals surface area contributed by atoms with Crippen molar-refractivity contribution in [2.45, 2.75) is 0 Å². The van der Waals surface area contributed by atoms with Crippen LogP contribution < -0.4 is 9.64 Å². The zero-order valence-corrected chi connectivity index (χ0v) is 9.47. The molecule has 0 aliphatic carbocycles. The third-order valence-electron chi connectivity index (χ3n) is 2.68. The number of hydrogen-bond donors (Lipinski definition) is 1. The molecule has 0 amide bonds. The second-order valence-corrected chi connectivity index (χ2v) is 3.68. The molecule has 2 aromatic rings. The van der Waals surface area contributed by atoms with Gasteiger partial charge in [-0.15, -0.1) is 0 Å². The van der Waals surface area contributed by atoms with Crippen molar-refractivity contribution in [3.8, 4) is 5.75 Å². The lowest BCUT2D eigenvalue weighted by atomic mass is 10.1. The molecule has 0 aliphatic heterocycles. The number of fused-ring (bicyclic) bond motifs is 1. The minimum absolute atomic E-state index is 0.0373. The van der Waals surface area contributed by atoms with Crippen molar-refractivity contribution < 1.29 is 9.84 Å². The molecule has 0 heterocycles. The predicted octanol–water partition coefficient (Wildman–Crippen LogP) is 2.23. The second kappa shape index (κ2) is 4.41. The topological polar surface area (TPSA) is 32.7 Å². The van der Waals surface area contributed by atoms with E-state index in [2.05, 4.69) is 0 Å². The maximum absolute atomic E-state index is 9.24. The minimum atomic E-state index is -0.0373. The number of rotatable bonds is 3. The molecule has 0 aromatic heterocycles. The maximum atomic E-state index is 9.24. The van der Waals surface area contributed by atoms with Crippen molar-refractivity contribution in [3.63, 3.8) is 0 Å². The van der Waals surface area contributed by atoms with Gasteiger partial charge in [-0.25, -0.2) is 0 Å². The smallest absolute Gasteiger partial charge is 0.142 e. The van der Waals surface area contributed by atoms with E-state index in [4.69, 9.17) is 4.74 Å². The fourth-order valence-corrected chi connectivity index (χ4v) is 1.86. The molecule has 0 spiro atoms. The first-order valence-electron chi connectivity index (χ1n) is 5.15. The Morgan fingerprint density at radius 1 is 1.19 bits per heavy atom. The van der Waals surface area contributed by atoms with Crippen LogP contribution >= 0.6 is 0 Å². The molecule has 16 heavy (non-hydrogen) atoms. The van der Waals surface area contributed by atoms with Gasteiger partial charge in [0.15, 0.2) is 0 Å². The molecular formula is C13H15NO2. The normalized spacial score (nSPS) is 10.4. The fraction of sp³-hybridized carbons (Fsp3) is 0.231. The van der Waals surface area contributed by atoms with Crippen LogP contribution in [0, 0.1) is 0 Å². The summed E-state index contributed by atoms with van der Waals surface area (Å²) in [5.41, 5.74) is 0.920. The molecular weight excluding hydrogens is 202 g/mol. The second-order valence-electron chi connectivity index (χ2n) is 3.68. The van der Waals surface area contributed by atoms with E-state index in [0.717, 1.165) is 22.2 Å². The molecule has 0 unspecified atom stereocenters. The monoisotopic (exact) mass is 217 g/mol. The van der Waals surface area contributed by atoms with Crippen molar-refractivity contribution in [2.24, 2.45) is 0 Å². The van der Waals surface area contributed by atoms with Crippen molar-refractivity contribution in [3.05, 3.63) is 36.4 Å². The van der Waals surface area contributed by atoms with E-state index in [1.54, 1.807) is 12.0 Å². The number of hydrogen-bond acceptors (Lipinski definition) is 3. The van der Waals surface area contributed by atoms with E-state index in [9.17, 15) is 5.11 Å². The van der Waals surface area contributed by atoms with Gasteiger partial charge >= 0.3 is 0 Å². The van der Waals surface area contributed by atoms with Crippen molar-refractivity contribution >= 4 is 16.5 Å². The SMILES string of the molecule is COc1ccc2ccccc2c1N(C)CO. The molecule has 0 bridgehead atoms. The van der Waals surface area contributed by atoms with Crippen LogP contribution in [0.5, 0.6) is 5.75 Å². The van der Waals surface area contributed by atoms with Gasteiger partial charge < -0.3 is 14.7 Å². The average molecular weight is 217 g/mol. The van der Waals surface area contributed by atoms with E-state index in [-0.39, 0.29) is 6.73 Å². The Labute approximate surface area is 94.9 Å².